The summed E-state index contributed by atoms with van der Waals surface area (Å²) in [5.41, 5.74) is 7.81. The molecule has 0 aliphatic heterocycles. The molecule has 0 radical (unpaired) electrons. The number of nitriles is 1. The molecule has 6 heteroatoms. The number of aromatic nitrogens is 4. The number of nitrogens with zero attached hydrogens (tertiary/aromatic N) is 5. The Balaban J connectivity index is 2.51. The summed E-state index contributed by atoms with van der Waals surface area (Å²) in [5, 5.41) is 13.6. The van der Waals surface area contributed by atoms with Gasteiger partial charge in [0.25, 0.3) is 0 Å². The molecule has 0 bridgehead atoms. The summed E-state index contributed by atoms with van der Waals surface area (Å²) in [6, 6.07) is 2.27. The Morgan fingerprint density at radius 1 is 1.41 bits per heavy atom. The van der Waals surface area contributed by atoms with Gasteiger partial charge in [-0.1, -0.05) is 26.5 Å². The fraction of sp³-hybridized carbons (Fsp3) is 0.375. The van der Waals surface area contributed by atoms with Crippen molar-refractivity contribution in [3.05, 3.63) is 30.9 Å². The summed E-state index contributed by atoms with van der Waals surface area (Å²) >= 11 is 0. The van der Waals surface area contributed by atoms with E-state index in [0.29, 0.717) is 23.5 Å². The summed E-state index contributed by atoms with van der Waals surface area (Å²) in [7, 11) is 0. The van der Waals surface area contributed by atoms with Crippen LogP contribution in [0.4, 0.5) is 5.82 Å². The van der Waals surface area contributed by atoms with Gasteiger partial charge in [-0.3, -0.25) is 4.68 Å². The van der Waals surface area contributed by atoms with Crippen LogP contribution >= 0.6 is 0 Å². The molecular weight excluding hydrogens is 276 g/mol. The summed E-state index contributed by atoms with van der Waals surface area (Å²) < 4.78 is 1.87. The fourth-order valence-electron chi connectivity index (χ4n) is 2.60. The van der Waals surface area contributed by atoms with Crippen LogP contribution in [-0.2, 0) is 5.54 Å². The highest BCUT2D eigenvalue weighted by molar-refractivity contribution is 5.76. The van der Waals surface area contributed by atoms with Crippen LogP contribution in [0.15, 0.2) is 25.3 Å². The van der Waals surface area contributed by atoms with Gasteiger partial charge < -0.3 is 5.73 Å². The van der Waals surface area contributed by atoms with E-state index in [1.165, 1.54) is 6.33 Å². The van der Waals surface area contributed by atoms with Crippen molar-refractivity contribution in [2.45, 2.75) is 38.6 Å². The van der Waals surface area contributed by atoms with E-state index in [-0.39, 0.29) is 5.54 Å². The van der Waals surface area contributed by atoms with Crippen LogP contribution in [0.3, 0.4) is 0 Å². The quantitative estimate of drug-likeness (QED) is 0.884. The summed E-state index contributed by atoms with van der Waals surface area (Å²) in [6.45, 7) is 7.90. The lowest BCUT2D eigenvalue weighted by molar-refractivity contribution is 0.240. The van der Waals surface area contributed by atoms with Gasteiger partial charge in [-0.2, -0.15) is 10.4 Å². The molecule has 114 valence electrons. The molecule has 2 rings (SSSR count). The summed E-state index contributed by atoms with van der Waals surface area (Å²) in [4.78, 5) is 8.27. The number of anilines is 1. The topological polar surface area (TPSA) is 93.4 Å². The first-order chi connectivity index (χ1) is 10.6. The molecule has 6 nitrogen and oxygen atoms in total. The average Bonchev–Trinajstić information content (AvgIpc) is 3.02. The van der Waals surface area contributed by atoms with Crippen molar-refractivity contribution in [1.29, 1.82) is 5.26 Å². The molecule has 2 aromatic heterocycles. The van der Waals surface area contributed by atoms with Crippen molar-refractivity contribution in [2.24, 2.45) is 0 Å². The van der Waals surface area contributed by atoms with Crippen LogP contribution in [0.5, 0.6) is 0 Å². The zero-order chi connectivity index (χ0) is 16.2. The summed E-state index contributed by atoms with van der Waals surface area (Å²) in [5.74, 6) is 0.391. The molecule has 0 aromatic carbocycles. The Morgan fingerprint density at radius 2 is 2.14 bits per heavy atom. The van der Waals surface area contributed by atoms with Crippen LogP contribution in [0.1, 0.15) is 38.7 Å². The Morgan fingerprint density at radius 3 is 2.73 bits per heavy atom. The van der Waals surface area contributed by atoms with Crippen LogP contribution < -0.4 is 5.73 Å². The Labute approximate surface area is 130 Å². The number of hydrogen-bond acceptors (Lipinski definition) is 5. The lowest BCUT2D eigenvalue weighted by atomic mass is 9.90. The lowest BCUT2D eigenvalue weighted by Gasteiger charge is -2.29. The first-order valence-corrected chi connectivity index (χ1v) is 7.27. The van der Waals surface area contributed by atoms with Gasteiger partial charge in [0.15, 0.2) is 0 Å². The minimum atomic E-state index is -0.292. The van der Waals surface area contributed by atoms with Gasteiger partial charge in [0.1, 0.15) is 12.1 Å². The molecule has 0 fully saturated rings. The van der Waals surface area contributed by atoms with Crippen molar-refractivity contribution in [2.75, 3.05) is 5.73 Å². The van der Waals surface area contributed by atoms with Crippen LogP contribution in [-0.4, -0.2) is 19.7 Å². The lowest BCUT2D eigenvalue weighted by Crippen LogP contribution is -2.32. The zero-order valence-corrected chi connectivity index (χ0v) is 13.0. The number of nitrogens with two attached hydrogens (primary N) is 1. The molecule has 0 amide bonds. The minimum Gasteiger partial charge on any atom is -0.383 e. The van der Waals surface area contributed by atoms with Gasteiger partial charge in [-0.25, -0.2) is 9.97 Å². The molecule has 0 aliphatic rings. The van der Waals surface area contributed by atoms with Crippen LogP contribution in [0, 0.1) is 11.3 Å². The number of nitrogen functional groups attached to an aromatic ring is 1. The largest absolute Gasteiger partial charge is 0.383 e. The number of hydrogen-bond donors (Lipinski definition) is 1. The van der Waals surface area contributed by atoms with Gasteiger partial charge in [0.2, 0.25) is 0 Å². The third-order valence-corrected chi connectivity index (χ3v) is 4.19. The maximum atomic E-state index is 9.13. The van der Waals surface area contributed by atoms with E-state index in [2.05, 4.69) is 41.6 Å². The maximum Gasteiger partial charge on any atom is 0.134 e. The summed E-state index contributed by atoms with van der Waals surface area (Å²) in [6.07, 6.45) is 8.81. The van der Waals surface area contributed by atoms with E-state index in [0.717, 1.165) is 18.4 Å². The van der Waals surface area contributed by atoms with Crippen molar-refractivity contribution >= 4 is 11.9 Å². The normalized spacial score (nSPS) is 11.1. The first kappa shape index (κ1) is 15.7. The molecular formula is C16H20N6. The zero-order valence-electron chi connectivity index (χ0n) is 13.0. The average molecular weight is 296 g/mol. The van der Waals surface area contributed by atoms with E-state index in [4.69, 9.17) is 11.0 Å². The van der Waals surface area contributed by atoms with Gasteiger partial charge in [-0.05, 0) is 12.8 Å². The smallest absolute Gasteiger partial charge is 0.134 e. The Hall–Kier alpha value is -2.68. The van der Waals surface area contributed by atoms with Crippen LogP contribution in [0.2, 0.25) is 0 Å². The van der Waals surface area contributed by atoms with E-state index >= 15 is 0 Å². The van der Waals surface area contributed by atoms with Gasteiger partial charge in [0, 0.05) is 17.3 Å². The minimum absolute atomic E-state index is 0.292. The molecule has 0 saturated carbocycles. The van der Waals surface area contributed by atoms with Crippen molar-refractivity contribution < 1.29 is 0 Å². The third kappa shape index (κ3) is 2.58. The second-order valence-electron chi connectivity index (χ2n) is 5.17. The van der Waals surface area contributed by atoms with E-state index in [9.17, 15) is 0 Å². The maximum absolute atomic E-state index is 9.13. The molecule has 0 aliphatic carbocycles. The predicted molar refractivity (Wildman–Crippen MR) is 86.5 cm³/mol. The Kier molecular flexibility index (Phi) is 4.56. The highest BCUT2D eigenvalue weighted by Crippen LogP contribution is 2.31. The molecule has 2 aromatic rings. The fourth-order valence-corrected chi connectivity index (χ4v) is 2.60. The standard InChI is InChI=1S/C16H20N6/c1-4-13-14(19-11-20-15(13)18)12-9-21-22(10-12)16(5-2,6-3)7-8-17/h4,9-11H,1,5-7H2,2-3H3,(H2,18,19,20). The second kappa shape index (κ2) is 6.39. The highest BCUT2D eigenvalue weighted by atomic mass is 15.3. The third-order valence-electron chi connectivity index (χ3n) is 4.19. The van der Waals surface area contributed by atoms with Crippen molar-refractivity contribution in [3.63, 3.8) is 0 Å². The van der Waals surface area contributed by atoms with E-state index in [1.54, 1.807) is 12.3 Å². The first-order valence-electron chi connectivity index (χ1n) is 7.27. The second-order valence-corrected chi connectivity index (χ2v) is 5.17. The Bertz CT molecular complexity index is 706. The SMILES string of the molecule is C=Cc1c(N)ncnc1-c1cnn(C(CC)(CC)CC#N)c1. The molecule has 0 atom stereocenters. The van der Waals surface area contributed by atoms with Gasteiger partial charge >= 0.3 is 0 Å². The van der Waals surface area contributed by atoms with Crippen molar-refractivity contribution in [1.82, 2.24) is 19.7 Å². The predicted octanol–water partition coefficient (Wildman–Crippen LogP) is 2.99. The molecule has 0 saturated heterocycles. The van der Waals surface area contributed by atoms with E-state index < -0.39 is 0 Å². The molecule has 2 N–H and O–H groups in total. The monoisotopic (exact) mass is 296 g/mol. The molecule has 0 unspecified atom stereocenters. The van der Waals surface area contributed by atoms with Gasteiger partial charge in [0.05, 0.1) is 29.9 Å². The highest BCUT2D eigenvalue weighted by Gasteiger charge is 2.29. The van der Waals surface area contributed by atoms with E-state index in [1.807, 2.05) is 10.9 Å². The van der Waals surface area contributed by atoms with Gasteiger partial charge in [-0.15, -0.1) is 0 Å². The van der Waals surface area contributed by atoms with Crippen molar-refractivity contribution in [3.8, 4) is 17.3 Å². The molecule has 2 heterocycles. The van der Waals surface area contributed by atoms with Crippen LogP contribution in [0.25, 0.3) is 17.3 Å². The number of rotatable bonds is 6. The molecule has 22 heavy (non-hydrogen) atoms. The molecule has 0 spiro atoms.